The van der Waals surface area contributed by atoms with Crippen molar-refractivity contribution in [1.82, 2.24) is 4.90 Å². The zero-order valence-electron chi connectivity index (χ0n) is 29.4. The maximum atomic E-state index is 14.4. The number of likely N-dealkylation sites (N-methyl/N-ethyl adjacent to an activating group) is 1. The maximum absolute atomic E-state index is 14.4. The van der Waals surface area contributed by atoms with Gasteiger partial charge in [-0.3, -0.25) is 19.3 Å². The van der Waals surface area contributed by atoms with Crippen LogP contribution >= 0.6 is 0 Å². The maximum Gasteiger partial charge on any atom is 0.255 e. The number of amides is 1. The highest BCUT2D eigenvalue weighted by molar-refractivity contribution is 6.25. The number of phenols is 1. The number of carbonyl (C=O) groups is 3. The van der Waals surface area contributed by atoms with Crippen LogP contribution in [0.1, 0.15) is 27.9 Å². The number of nitrogens with one attached hydrogen (secondary N) is 1. The van der Waals surface area contributed by atoms with Crippen LogP contribution in [0.5, 0.6) is 11.5 Å². The van der Waals surface area contributed by atoms with Crippen molar-refractivity contribution < 1.29 is 64.7 Å². The number of ether oxygens (including phenoxy) is 2. The van der Waals surface area contributed by atoms with Gasteiger partial charge >= 0.3 is 0 Å². The summed E-state index contributed by atoms with van der Waals surface area (Å²) in [5.74, 6) is -7.29. The van der Waals surface area contributed by atoms with Gasteiger partial charge in [0.1, 0.15) is 53.0 Å². The lowest BCUT2D eigenvalue weighted by Crippen LogP contribution is -2.63. The van der Waals surface area contributed by atoms with Crippen LogP contribution in [0, 0.1) is 11.8 Å². The van der Waals surface area contributed by atoms with E-state index in [1.54, 1.807) is 63.4 Å². The summed E-state index contributed by atoms with van der Waals surface area (Å²) in [4.78, 5) is 43.5. The molecule has 2 aromatic carbocycles. The molecule has 17 nitrogen and oxygen atoms in total. The molecular formula is C36H44N4O13. The Hall–Kier alpha value is -4.75. The van der Waals surface area contributed by atoms with Gasteiger partial charge in [0.2, 0.25) is 12.1 Å². The second kappa shape index (κ2) is 13.9. The van der Waals surface area contributed by atoms with E-state index in [9.17, 15) is 55.2 Å². The number of aromatic hydroxyl groups is 1. The highest BCUT2D eigenvalue weighted by Gasteiger charge is 2.63. The number of hydrogen-bond donors (Lipinski definition) is 10. The number of Topliss-reactive ketones (excluding diaryl/α,β-unsaturated/α-hetero) is 2. The lowest BCUT2D eigenvalue weighted by Gasteiger charge is -2.50. The number of hydrogen-bond acceptors (Lipinski definition) is 16. The Kier molecular flexibility index (Phi) is 9.97. The Balaban J connectivity index is 1.36. The fourth-order valence-electron chi connectivity index (χ4n) is 8.08. The van der Waals surface area contributed by atoms with E-state index in [4.69, 9.17) is 15.2 Å². The third-order valence-electron chi connectivity index (χ3n) is 10.7. The number of rotatable bonds is 9. The number of ketones is 2. The number of aliphatic hydroxyl groups excluding tert-OH is 6. The first-order valence-corrected chi connectivity index (χ1v) is 16.9. The molecule has 286 valence electrons. The van der Waals surface area contributed by atoms with Gasteiger partial charge in [-0.1, -0.05) is 18.2 Å². The number of para-hydroxylation sites is 1. The molecule has 0 aromatic heterocycles. The number of fused-ring (bicyclic) bond motifs is 3. The average molecular weight is 741 g/mol. The normalized spacial score (nSPS) is 31.2. The molecule has 0 bridgehead atoms. The van der Waals surface area contributed by atoms with E-state index in [1.165, 1.54) is 4.90 Å². The van der Waals surface area contributed by atoms with Crippen molar-refractivity contribution in [3.63, 3.8) is 0 Å². The highest BCUT2D eigenvalue weighted by atomic mass is 16.7. The molecule has 1 aliphatic heterocycles. The molecular weight excluding hydrogens is 696 g/mol. The van der Waals surface area contributed by atoms with E-state index in [1.807, 2.05) is 0 Å². The van der Waals surface area contributed by atoms with Gasteiger partial charge in [-0.25, -0.2) is 0 Å². The number of allylic oxidation sites excluding steroid dienone is 1. The van der Waals surface area contributed by atoms with E-state index < -0.39 is 101 Å². The fraction of sp³-hybridized carbons (Fsp3) is 0.472. The Labute approximate surface area is 303 Å². The van der Waals surface area contributed by atoms with Gasteiger partial charge < -0.3 is 66.3 Å². The quantitative estimate of drug-likeness (QED) is 0.109. The Morgan fingerprint density at radius 3 is 2.36 bits per heavy atom. The van der Waals surface area contributed by atoms with E-state index in [0.29, 0.717) is 16.8 Å². The van der Waals surface area contributed by atoms with Crippen LogP contribution < -0.4 is 20.7 Å². The van der Waals surface area contributed by atoms with Gasteiger partial charge in [0.15, 0.2) is 11.4 Å². The fourth-order valence-corrected chi connectivity index (χ4v) is 8.08. The molecule has 1 amide bonds. The molecule has 0 saturated carbocycles. The minimum Gasteiger partial charge on any atom is -0.510 e. The van der Waals surface area contributed by atoms with Crippen molar-refractivity contribution >= 4 is 28.8 Å². The predicted octanol–water partition coefficient (Wildman–Crippen LogP) is -1.02. The van der Waals surface area contributed by atoms with Gasteiger partial charge in [-0.05, 0) is 50.6 Å². The Morgan fingerprint density at radius 2 is 1.74 bits per heavy atom. The molecule has 9 atom stereocenters. The van der Waals surface area contributed by atoms with Crippen LogP contribution in [-0.4, -0.2) is 140 Å². The van der Waals surface area contributed by atoms with Crippen LogP contribution in [0.3, 0.4) is 0 Å². The molecule has 4 aliphatic rings. The van der Waals surface area contributed by atoms with E-state index >= 15 is 0 Å². The first-order chi connectivity index (χ1) is 24.9. The number of nitrogens with two attached hydrogens (primary N) is 1. The van der Waals surface area contributed by atoms with Crippen LogP contribution in [0.4, 0.5) is 11.4 Å². The average Bonchev–Trinajstić information content (AvgIpc) is 3.09. The van der Waals surface area contributed by atoms with E-state index in [0.717, 1.165) is 0 Å². The molecule has 53 heavy (non-hydrogen) atoms. The largest absolute Gasteiger partial charge is 0.510 e. The van der Waals surface area contributed by atoms with Gasteiger partial charge in [0.25, 0.3) is 5.91 Å². The van der Waals surface area contributed by atoms with Gasteiger partial charge in [0, 0.05) is 43.4 Å². The topological polar surface area (TPSA) is 276 Å². The third-order valence-corrected chi connectivity index (χ3v) is 10.7. The number of carbonyl (C=O) groups excluding carboxylic acids is 3. The molecule has 0 spiro atoms. The summed E-state index contributed by atoms with van der Waals surface area (Å²) in [5, 5.41) is 89.7. The second-order valence-electron chi connectivity index (χ2n) is 14.3. The van der Waals surface area contributed by atoms with Crippen LogP contribution in [0.15, 0.2) is 53.0 Å². The van der Waals surface area contributed by atoms with Gasteiger partial charge in [-0.15, -0.1) is 0 Å². The lowest BCUT2D eigenvalue weighted by molar-refractivity contribution is -0.277. The summed E-state index contributed by atoms with van der Waals surface area (Å²) in [5.41, 5.74) is 2.86. The standard InChI is InChI=1S/C36H44N4O13/c1-39(2)19-11-18(38-12-14-7-5-6-8-20(14)52-35-31(47)30(46)27(43)21(13-41)53-35)26(42)23-16(19)9-15-10-17-25(40(3)4)29(45)24(34(37)50)33(49)36(17,51)32(48)22(15)28(23)44/h5-8,11,15,17,21,25,27,30-31,35,38,41-43,45-48,51H,9-10,12-13H2,1-4H3,(H2,37,50)/t15-,17-,21+,25-,27+,30-,31+,35+,36-/m0/s1. The van der Waals surface area contributed by atoms with E-state index in [2.05, 4.69) is 5.32 Å². The molecule has 1 fully saturated rings. The minimum absolute atomic E-state index is 0.0227. The zero-order valence-corrected chi connectivity index (χ0v) is 29.4. The zero-order chi connectivity index (χ0) is 38.8. The van der Waals surface area contributed by atoms with E-state index in [-0.39, 0.29) is 42.0 Å². The minimum atomic E-state index is -2.77. The summed E-state index contributed by atoms with van der Waals surface area (Å²) in [7, 11) is 6.60. The van der Waals surface area contributed by atoms with Crippen molar-refractivity contribution in [2.24, 2.45) is 17.6 Å². The van der Waals surface area contributed by atoms with Crippen molar-refractivity contribution in [2.45, 2.75) is 61.7 Å². The summed E-state index contributed by atoms with van der Waals surface area (Å²) in [6.07, 6.45) is -7.48. The molecule has 0 radical (unpaired) electrons. The SMILES string of the molecule is CN(C)c1cc(NCc2ccccc2O[C@@H]2O[C@H](CO)[C@@H](O)[C@H](O)[C@H]2O)c(O)c2c1C[C@H]1C[C@H]3[C@H](N(C)C)C(O)=C(C(N)=O)C(=O)[C@@]3(O)C(O)=C1C2=O. The van der Waals surface area contributed by atoms with Gasteiger partial charge in [0.05, 0.1) is 23.9 Å². The predicted molar refractivity (Wildman–Crippen MR) is 186 cm³/mol. The molecule has 1 heterocycles. The third kappa shape index (κ3) is 5.97. The number of nitrogens with zero attached hydrogens (tertiary/aromatic N) is 2. The number of phenolic OH excluding ortho intramolecular Hbond substituents is 1. The molecule has 0 unspecified atom stereocenters. The number of anilines is 2. The van der Waals surface area contributed by atoms with Crippen LogP contribution in [0.2, 0.25) is 0 Å². The molecule has 3 aliphatic carbocycles. The molecule has 2 aromatic rings. The van der Waals surface area contributed by atoms with Gasteiger partial charge in [-0.2, -0.15) is 0 Å². The number of aliphatic hydroxyl groups is 7. The van der Waals surface area contributed by atoms with Crippen LogP contribution in [-0.2, 0) is 27.3 Å². The summed E-state index contributed by atoms with van der Waals surface area (Å²) in [6, 6.07) is 7.09. The summed E-state index contributed by atoms with van der Waals surface area (Å²) in [6.45, 7) is -0.666. The van der Waals surface area contributed by atoms with Crippen molar-refractivity contribution in [3.8, 4) is 11.5 Å². The number of primary amides is 1. The first-order valence-electron chi connectivity index (χ1n) is 16.9. The second-order valence-corrected chi connectivity index (χ2v) is 14.3. The highest BCUT2D eigenvalue weighted by Crippen LogP contribution is 2.54. The smallest absolute Gasteiger partial charge is 0.255 e. The number of benzene rings is 2. The Bertz CT molecular complexity index is 1910. The molecule has 17 heteroatoms. The van der Waals surface area contributed by atoms with Crippen molar-refractivity contribution in [2.75, 3.05) is 45.0 Å². The monoisotopic (exact) mass is 740 g/mol. The summed E-state index contributed by atoms with van der Waals surface area (Å²) >= 11 is 0. The van der Waals surface area contributed by atoms with Crippen molar-refractivity contribution in [3.05, 3.63) is 69.7 Å². The molecule has 1 saturated heterocycles. The Morgan fingerprint density at radius 1 is 1.06 bits per heavy atom. The van der Waals surface area contributed by atoms with Crippen LogP contribution in [0.25, 0.3) is 0 Å². The molecule has 11 N–H and O–H groups in total. The molecule has 6 rings (SSSR count). The lowest BCUT2D eigenvalue weighted by atomic mass is 9.58. The summed E-state index contributed by atoms with van der Waals surface area (Å²) < 4.78 is 11.4. The van der Waals surface area contributed by atoms with Crippen molar-refractivity contribution in [1.29, 1.82) is 0 Å². The first kappa shape index (κ1) is 38.0.